The van der Waals surface area contributed by atoms with Crippen LogP contribution >= 0.6 is 0 Å². The van der Waals surface area contributed by atoms with Crippen molar-refractivity contribution in [1.82, 2.24) is 4.90 Å². The number of nitrogen functional groups attached to an aromatic ring is 1. The Morgan fingerprint density at radius 2 is 2.00 bits per heavy atom. The van der Waals surface area contributed by atoms with Crippen LogP contribution in [0.1, 0.15) is 21.5 Å². The Kier molecular flexibility index (Phi) is 3.98. The zero-order valence-electron chi connectivity index (χ0n) is 12.2. The largest absolute Gasteiger partial charge is 0.492 e. The predicted octanol–water partition coefficient (Wildman–Crippen LogP) is 2.36. The molecule has 22 heavy (non-hydrogen) atoms. The average Bonchev–Trinajstić information content (AvgIpc) is 2.89. The minimum Gasteiger partial charge on any atom is -0.492 e. The van der Waals surface area contributed by atoms with E-state index in [1.807, 2.05) is 24.3 Å². The van der Waals surface area contributed by atoms with Gasteiger partial charge in [-0.05, 0) is 35.4 Å². The number of hydrogen-bond acceptors (Lipinski definition) is 4. The number of hydrogen-bond donors (Lipinski definition) is 2. The fourth-order valence-electron chi connectivity index (χ4n) is 2.65. The molecule has 0 saturated carbocycles. The molecular weight excluding hydrogens is 280 g/mol. The highest BCUT2D eigenvalue weighted by molar-refractivity contribution is 5.87. The zero-order valence-corrected chi connectivity index (χ0v) is 12.2. The zero-order chi connectivity index (χ0) is 15.5. The van der Waals surface area contributed by atoms with E-state index in [0.29, 0.717) is 17.9 Å². The van der Waals surface area contributed by atoms with Gasteiger partial charge in [-0.15, -0.1) is 0 Å². The third-order valence-electron chi connectivity index (χ3n) is 3.78. The molecule has 0 aromatic heterocycles. The van der Waals surface area contributed by atoms with Crippen LogP contribution in [0.15, 0.2) is 42.5 Å². The minimum atomic E-state index is -0.883. The molecule has 2 aromatic rings. The van der Waals surface area contributed by atoms with Gasteiger partial charge >= 0.3 is 5.97 Å². The SMILES string of the molecule is Nc1cccc(OCCN2Cc3ccc(C(=O)O)cc3C2)c1. The van der Waals surface area contributed by atoms with Crippen molar-refractivity contribution >= 4 is 11.7 Å². The highest BCUT2D eigenvalue weighted by Crippen LogP contribution is 2.23. The maximum Gasteiger partial charge on any atom is 0.335 e. The van der Waals surface area contributed by atoms with Crippen molar-refractivity contribution in [1.29, 1.82) is 0 Å². The van der Waals surface area contributed by atoms with Crippen molar-refractivity contribution in [2.45, 2.75) is 13.1 Å². The lowest BCUT2D eigenvalue weighted by molar-refractivity contribution is 0.0696. The summed E-state index contributed by atoms with van der Waals surface area (Å²) in [4.78, 5) is 13.2. The second-order valence-electron chi connectivity index (χ2n) is 5.42. The van der Waals surface area contributed by atoms with Gasteiger partial charge < -0.3 is 15.6 Å². The van der Waals surface area contributed by atoms with Crippen LogP contribution in [0.2, 0.25) is 0 Å². The molecule has 0 saturated heterocycles. The predicted molar refractivity (Wildman–Crippen MR) is 83.9 cm³/mol. The van der Waals surface area contributed by atoms with E-state index in [-0.39, 0.29) is 0 Å². The number of ether oxygens (including phenoxy) is 1. The molecule has 0 spiro atoms. The normalized spacial score (nSPS) is 13.8. The lowest BCUT2D eigenvalue weighted by Crippen LogP contribution is -2.22. The monoisotopic (exact) mass is 298 g/mol. The van der Waals surface area contributed by atoms with Crippen molar-refractivity contribution in [3.8, 4) is 5.75 Å². The summed E-state index contributed by atoms with van der Waals surface area (Å²) in [6.45, 7) is 2.95. The average molecular weight is 298 g/mol. The highest BCUT2D eigenvalue weighted by Gasteiger charge is 2.20. The number of nitrogens with zero attached hydrogens (tertiary/aromatic N) is 1. The Labute approximate surface area is 128 Å². The molecule has 0 bridgehead atoms. The van der Waals surface area contributed by atoms with Gasteiger partial charge in [0.2, 0.25) is 0 Å². The van der Waals surface area contributed by atoms with Crippen molar-refractivity contribution in [2.75, 3.05) is 18.9 Å². The number of nitrogens with two attached hydrogens (primary N) is 1. The number of aromatic carboxylic acids is 1. The summed E-state index contributed by atoms with van der Waals surface area (Å²) < 4.78 is 5.69. The number of carboxylic acid groups (broad SMARTS) is 1. The molecule has 1 heterocycles. The summed E-state index contributed by atoms with van der Waals surface area (Å²) in [5.74, 6) is -0.115. The Balaban J connectivity index is 1.54. The van der Waals surface area contributed by atoms with Crippen LogP contribution in [0.3, 0.4) is 0 Å². The summed E-state index contributed by atoms with van der Waals surface area (Å²) in [7, 11) is 0. The first-order valence-corrected chi connectivity index (χ1v) is 7.17. The molecule has 5 heteroatoms. The van der Waals surface area contributed by atoms with Crippen LogP contribution in [0.25, 0.3) is 0 Å². The number of rotatable bonds is 5. The van der Waals surface area contributed by atoms with Gasteiger partial charge in [-0.1, -0.05) is 12.1 Å². The van der Waals surface area contributed by atoms with Gasteiger partial charge in [0.15, 0.2) is 0 Å². The molecule has 0 radical (unpaired) electrons. The van der Waals surface area contributed by atoms with E-state index in [9.17, 15) is 4.79 Å². The minimum absolute atomic E-state index is 0.344. The van der Waals surface area contributed by atoms with Crippen molar-refractivity contribution in [3.63, 3.8) is 0 Å². The van der Waals surface area contributed by atoms with Gasteiger partial charge in [0, 0.05) is 31.4 Å². The lowest BCUT2D eigenvalue weighted by Gasteiger charge is -2.15. The van der Waals surface area contributed by atoms with Crippen LogP contribution in [0, 0.1) is 0 Å². The maximum atomic E-state index is 11.0. The van der Waals surface area contributed by atoms with E-state index in [4.69, 9.17) is 15.6 Å². The third-order valence-corrected chi connectivity index (χ3v) is 3.78. The van der Waals surface area contributed by atoms with Gasteiger partial charge in [-0.25, -0.2) is 4.79 Å². The molecule has 1 aliphatic rings. The lowest BCUT2D eigenvalue weighted by atomic mass is 10.1. The standard InChI is InChI=1S/C17H18N2O3/c18-15-2-1-3-16(9-15)22-7-6-19-10-13-5-4-12(17(20)21)8-14(13)11-19/h1-5,8-9H,6-7,10-11,18H2,(H,20,21). The molecule has 0 amide bonds. The van der Waals surface area contributed by atoms with Gasteiger partial charge in [0.05, 0.1) is 5.56 Å². The van der Waals surface area contributed by atoms with Crippen LogP contribution < -0.4 is 10.5 Å². The van der Waals surface area contributed by atoms with Crippen molar-refractivity contribution in [2.24, 2.45) is 0 Å². The van der Waals surface area contributed by atoms with Crippen LogP contribution in [-0.2, 0) is 13.1 Å². The number of fused-ring (bicyclic) bond motifs is 1. The molecular formula is C17H18N2O3. The number of anilines is 1. The fraction of sp³-hybridized carbons (Fsp3) is 0.235. The topological polar surface area (TPSA) is 75.8 Å². The van der Waals surface area contributed by atoms with E-state index in [2.05, 4.69) is 4.90 Å². The summed E-state index contributed by atoms with van der Waals surface area (Å²) in [6.07, 6.45) is 0. The third kappa shape index (κ3) is 3.20. The molecule has 0 atom stereocenters. The van der Waals surface area contributed by atoms with Gasteiger partial charge in [-0.3, -0.25) is 4.90 Å². The number of carbonyl (C=O) groups is 1. The number of benzene rings is 2. The molecule has 1 aliphatic heterocycles. The van der Waals surface area contributed by atoms with Crippen LogP contribution in [0.4, 0.5) is 5.69 Å². The molecule has 0 aliphatic carbocycles. The van der Waals surface area contributed by atoms with Gasteiger partial charge in [0.1, 0.15) is 12.4 Å². The molecule has 114 valence electrons. The quantitative estimate of drug-likeness (QED) is 0.829. The molecule has 0 unspecified atom stereocenters. The maximum absolute atomic E-state index is 11.0. The van der Waals surface area contributed by atoms with E-state index < -0.39 is 5.97 Å². The first-order valence-electron chi connectivity index (χ1n) is 7.17. The summed E-state index contributed by atoms with van der Waals surface area (Å²) in [5, 5.41) is 9.03. The van der Waals surface area contributed by atoms with Crippen LogP contribution in [0.5, 0.6) is 5.75 Å². The molecule has 0 fully saturated rings. The Bertz CT molecular complexity index is 700. The van der Waals surface area contributed by atoms with Gasteiger partial charge in [0.25, 0.3) is 0 Å². The second-order valence-corrected chi connectivity index (χ2v) is 5.42. The molecule has 5 nitrogen and oxygen atoms in total. The van der Waals surface area contributed by atoms with Crippen molar-refractivity contribution in [3.05, 3.63) is 59.2 Å². The first-order chi connectivity index (χ1) is 10.6. The van der Waals surface area contributed by atoms with Crippen LogP contribution in [-0.4, -0.2) is 29.1 Å². The summed E-state index contributed by atoms with van der Waals surface area (Å²) in [5.41, 5.74) is 9.02. The Morgan fingerprint density at radius 3 is 2.77 bits per heavy atom. The molecule has 2 aromatic carbocycles. The molecule has 3 rings (SSSR count). The second kappa shape index (κ2) is 6.07. The summed E-state index contributed by atoms with van der Waals surface area (Å²) >= 11 is 0. The Morgan fingerprint density at radius 1 is 1.18 bits per heavy atom. The van der Waals surface area contributed by atoms with Crippen molar-refractivity contribution < 1.29 is 14.6 Å². The fourth-order valence-corrected chi connectivity index (χ4v) is 2.65. The summed E-state index contributed by atoms with van der Waals surface area (Å²) in [6, 6.07) is 12.7. The highest BCUT2D eigenvalue weighted by atomic mass is 16.5. The van der Waals surface area contributed by atoms with E-state index in [1.54, 1.807) is 18.2 Å². The smallest absolute Gasteiger partial charge is 0.335 e. The van der Waals surface area contributed by atoms with E-state index >= 15 is 0 Å². The molecule has 3 N–H and O–H groups in total. The van der Waals surface area contributed by atoms with Gasteiger partial charge in [-0.2, -0.15) is 0 Å². The van der Waals surface area contributed by atoms with E-state index in [1.165, 1.54) is 5.56 Å². The number of carboxylic acids is 1. The first kappa shape index (κ1) is 14.4. The Hall–Kier alpha value is -2.53. The van der Waals surface area contributed by atoms with E-state index in [0.717, 1.165) is 30.9 Å².